The molecule has 0 radical (unpaired) electrons. The second-order valence-corrected chi connectivity index (χ2v) is 8.08. The summed E-state index contributed by atoms with van der Waals surface area (Å²) >= 11 is 0. The number of methoxy groups -OCH3 is 2. The molecular formula is C27H28N2O4. The fraction of sp³-hybridized carbons (Fsp3) is 0.259. The lowest BCUT2D eigenvalue weighted by molar-refractivity contribution is -0.124. The third kappa shape index (κ3) is 5.17. The Morgan fingerprint density at radius 3 is 2.52 bits per heavy atom. The van der Waals surface area contributed by atoms with E-state index in [2.05, 4.69) is 29.6 Å². The van der Waals surface area contributed by atoms with Crippen LogP contribution in [0.4, 0.5) is 0 Å². The standard InChI is InChI=1S/C27H28N2O4/c1-32-23-11-12-25(33-2)24(17-23)27(31)29-14-13-28-26(30)22(18-29)16-19-7-6-10-21(15-19)20-8-4-3-5-9-20/h3-12,15,17,22H,13-14,16,18H2,1-2H3,(H,28,30)/t22-/m1/s1. The third-order valence-electron chi connectivity index (χ3n) is 5.93. The molecule has 0 saturated carbocycles. The van der Waals surface area contributed by atoms with Gasteiger partial charge < -0.3 is 19.7 Å². The zero-order chi connectivity index (χ0) is 23.2. The van der Waals surface area contributed by atoms with E-state index >= 15 is 0 Å². The summed E-state index contributed by atoms with van der Waals surface area (Å²) in [6.07, 6.45) is 0.547. The first-order valence-corrected chi connectivity index (χ1v) is 11.0. The second-order valence-electron chi connectivity index (χ2n) is 8.08. The minimum atomic E-state index is -0.348. The molecule has 0 aromatic heterocycles. The van der Waals surface area contributed by atoms with Gasteiger partial charge in [0.1, 0.15) is 11.5 Å². The van der Waals surface area contributed by atoms with E-state index in [1.807, 2.05) is 30.3 Å². The van der Waals surface area contributed by atoms with Crippen LogP contribution < -0.4 is 14.8 Å². The average Bonchev–Trinajstić information content (AvgIpc) is 3.05. The van der Waals surface area contributed by atoms with Crippen molar-refractivity contribution in [1.82, 2.24) is 10.2 Å². The van der Waals surface area contributed by atoms with E-state index in [0.29, 0.717) is 43.1 Å². The summed E-state index contributed by atoms with van der Waals surface area (Å²) < 4.78 is 10.7. The van der Waals surface area contributed by atoms with Gasteiger partial charge in [-0.15, -0.1) is 0 Å². The molecule has 1 aliphatic heterocycles. The summed E-state index contributed by atoms with van der Waals surface area (Å²) in [6.45, 7) is 1.18. The van der Waals surface area contributed by atoms with Gasteiger partial charge in [0.25, 0.3) is 5.91 Å². The van der Waals surface area contributed by atoms with Crippen LogP contribution in [-0.2, 0) is 11.2 Å². The highest BCUT2D eigenvalue weighted by atomic mass is 16.5. The Balaban J connectivity index is 1.56. The van der Waals surface area contributed by atoms with Crippen LogP contribution in [-0.4, -0.2) is 50.6 Å². The highest BCUT2D eigenvalue weighted by molar-refractivity contribution is 5.98. The van der Waals surface area contributed by atoms with E-state index < -0.39 is 0 Å². The molecule has 170 valence electrons. The van der Waals surface area contributed by atoms with Gasteiger partial charge in [0.2, 0.25) is 5.91 Å². The van der Waals surface area contributed by atoms with Crippen LogP contribution in [0.25, 0.3) is 11.1 Å². The van der Waals surface area contributed by atoms with Gasteiger partial charge in [-0.3, -0.25) is 9.59 Å². The van der Waals surface area contributed by atoms with E-state index in [1.54, 1.807) is 30.2 Å². The van der Waals surface area contributed by atoms with Gasteiger partial charge in [-0.1, -0.05) is 54.6 Å². The molecule has 1 aliphatic rings. The Bertz CT molecular complexity index is 1130. The highest BCUT2D eigenvalue weighted by Crippen LogP contribution is 2.27. The topological polar surface area (TPSA) is 67.9 Å². The van der Waals surface area contributed by atoms with Crippen LogP contribution in [0.5, 0.6) is 11.5 Å². The zero-order valence-electron chi connectivity index (χ0n) is 18.9. The summed E-state index contributed by atoms with van der Waals surface area (Å²) in [5, 5.41) is 2.96. The van der Waals surface area contributed by atoms with Crippen molar-refractivity contribution in [3.8, 4) is 22.6 Å². The second kappa shape index (κ2) is 10.2. The van der Waals surface area contributed by atoms with Crippen LogP contribution in [0, 0.1) is 5.92 Å². The summed E-state index contributed by atoms with van der Waals surface area (Å²) in [5.74, 6) is 0.506. The Labute approximate surface area is 194 Å². The molecule has 0 unspecified atom stereocenters. The first-order valence-electron chi connectivity index (χ1n) is 11.0. The number of amides is 2. The fourth-order valence-electron chi connectivity index (χ4n) is 4.18. The van der Waals surface area contributed by atoms with Crippen LogP contribution in [0.3, 0.4) is 0 Å². The maximum Gasteiger partial charge on any atom is 0.257 e. The predicted molar refractivity (Wildman–Crippen MR) is 128 cm³/mol. The van der Waals surface area contributed by atoms with E-state index in [9.17, 15) is 9.59 Å². The Morgan fingerprint density at radius 1 is 0.970 bits per heavy atom. The number of benzene rings is 3. The number of hydrogen-bond acceptors (Lipinski definition) is 4. The third-order valence-corrected chi connectivity index (χ3v) is 5.93. The van der Waals surface area contributed by atoms with Crippen molar-refractivity contribution in [2.75, 3.05) is 33.9 Å². The molecule has 4 rings (SSSR count). The Morgan fingerprint density at radius 2 is 1.76 bits per heavy atom. The van der Waals surface area contributed by atoms with Crippen LogP contribution in [0.1, 0.15) is 15.9 Å². The fourth-order valence-corrected chi connectivity index (χ4v) is 4.18. The van der Waals surface area contributed by atoms with Crippen molar-refractivity contribution >= 4 is 11.8 Å². The Kier molecular flexibility index (Phi) is 6.93. The molecule has 1 atom stereocenters. The quantitative estimate of drug-likeness (QED) is 0.628. The maximum atomic E-state index is 13.4. The van der Waals surface area contributed by atoms with Crippen molar-refractivity contribution in [1.29, 1.82) is 0 Å². The molecule has 1 heterocycles. The molecule has 1 fully saturated rings. The van der Waals surface area contributed by atoms with E-state index in [1.165, 1.54) is 7.11 Å². The summed E-state index contributed by atoms with van der Waals surface area (Å²) in [6, 6.07) is 23.5. The van der Waals surface area contributed by atoms with Crippen LogP contribution in [0.2, 0.25) is 0 Å². The van der Waals surface area contributed by atoms with Gasteiger partial charge in [0.05, 0.1) is 25.7 Å². The summed E-state index contributed by atoms with van der Waals surface area (Å²) in [7, 11) is 3.10. The van der Waals surface area contributed by atoms with Gasteiger partial charge in [0, 0.05) is 19.6 Å². The first kappa shape index (κ1) is 22.4. The molecule has 0 aliphatic carbocycles. The largest absolute Gasteiger partial charge is 0.497 e. The summed E-state index contributed by atoms with van der Waals surface area (Å²) in [4.78, 5) is 27.9. The number of carbonyl (C=O) groups is 2. The number of hydrogen-bond donors (Lipinski definition) is 1. The van der Waals surface area contributed by atoms with Crippen molar-refractivity contribution in [2.24, 2.45) is 5.92 Å². The smallest absolute Gasteiger partial charge is 0.257 e. The minimum absolute atomic E-state index is 0.0342. The normalized spacial score (nSPS) is 16.0. The number of rotatable bonds is 6. The molecule has 33 heavy (non-hydrogen) atoms. The molecule has 2 amide bonds. The lowest BCUT2D eigenvalue weighted by atomic mass is 9.95. The molecule has 6 nitrogen and oxygen atoms in total. The molecule has 0 spiro atoms. The molecule has 3 aromatic carbocycles. The number of nitrogens with zero attached hydrogens (tertiary/aromatic N) is 1. The van der Waals surface area contributed by atoms with E-state index in [4.69, 9.17) is 9.47 Å². The zero-order valence-corrected chi connectivity index (χ0v) is 18.9. The molecule has 0 bridgehead atoms. The SMILES string of the molecule is COc1ccc(OC)c(C(=O)N2CCNC(=O)[C@H](Cc3cccc(-c4ccccc4)c3)C2)c1. The first-order chi connectivity index (χ1) is 16.1. The maximum absolute atomic E-state index is 13.4. The predicted octanol–water partition coefficient (Wildman–Crippen LogP) is 3.80. The number of nitrogens with one attached hydrogen (secondary N) is 1. The van der Waals surface area contributed by atoms with Crippen molar-refractivity contribution in [2.45, 2.75) is 6.42 Å². The Hall–Kier alpha value is -3.80. The minimum Gasteiger partial charge on any atom is -0.497 e. The van der Waals surface area contributed by atoms with Gasteiger partial charge in [-0.05, 0) is 41.3 Å². The molecule has 6 heteroatoms. The molecule has 1 saturated heterocycles. The van der Waals surface area contributed by atoms with E-state index in [0.717, 1.165) is 16.7 Å². The lowest BCUT2D eigenvalue weighted by Crippen LogP contribution is -2.37. The van der Waals surface area contributed by atoms with Crippen molar-refractivity contribution in [3.63, 3.8) is 0 Å². The van der Waals surface area contributed by atoms with Gasteiger partial charge >= 0.3 is 0 Å². The van der Waals surface area contributed by atoms with E-state index in [-0.39, 0.29) is 17.7 Å². The van der Waals surface area contributed by atoms with Crippen LogP contribution in [0.15, 0.2) is 72.8 Å². The highest BCUT2D eigenvalue weighted by Gasteiger charge is 2.29. The van der Waals surface area contributed by atoms with Crippen LogP contribution >= 0.6 is 0 Å². The average molecular weight is 445 g/mol. The number of ether oxygens (including phenoxy) is 2. The van der Waals surface area contributed by atoms with Gasteiger partial charge in [0.15, 0.2) is 0 Å². The molecular weight excluding hydrogens is 416 g/mol. The lowest BCUT2D eigenvalue weighted by Gasteiger charge is -2.24. The molecule has 1 N–H and O–H groups in total. The monoisotopic (exact) mass is 444 g/mol. The van der Waals surface area contributed by atoms with Gasteiger partial charge in [-0.25, -0.2) is 0 Å². The number of carbonyl (C=O) groups excluding carboxylic acids is 2. The van der Waals surface area contributed by atoms with Crippen molar-refractivity contribution < 1.29 is 19.1 Å². The van der Waals surface area contributed by atoms with Gasteiger partial charge in [-0.2, -0.15) is 0 Å². The van der Waals surface area contributed by atoms with Crippen molar-refractivity contribution in [3.05, 3.63) is 83.9 Å². The summed E-state index contributed by atoms with van der Waals surface area (Å²) in [5.41, 5.74) is 3.73. The molecule has 3 aromatic rings.